The first-order chi connectivity index (χ1) is 9.44. The number of carbonyl (C=O) groups is 2. The molecule has 0 heterocycles. The SMILES string of the molecule is Nc1ccc(F)cc1C(=O)NC1(C(=O)O)CCCCC1. The molecule has 2 rings (SSSR count). The second kappa shape index (κ2) is 5.48. The molecule has 5 nitrogen and oxygen atoms in total. The van der Waals surface area contributed by atoms with Crippen LogP contribution in [0.15, 0.2) is 18.2 Å². The number of nitrogens with one attached hydrogen (secondary N) is 1. The summed E-state index contributed by atoms with van der Waals surface area (Å²) >= 11 is 0. The maximum absolute atomic E-state index is 13.2. The highest BCUT2D eigenvalue weighted by Gasteiger charge is 2.41. The Labute approximate surface area is 116 Å². The first-order valence-electron chi connectivity index (χ1n) is 6.55. The van der Waals surface area contributed by atoms with Gasteiger partial charge in [-0.1, -0.05) is 19.3 Å². The summed E-state index contributed by atoms with van der Waals surface area (Å²) in [5.74, 6) is -2.29. The summed E-state index contributed by atoms with van der Waals surface area (Å²) < 4.78 is 13.2. The van der Waals surface area contributed by atoms with E-state index in [1.807, 2.05) is 0 Å². The van der Waals surface area contributed by atoms with Crippen molar-refractivity contribution in [2.24, 2.45) is 0 Å². The van der Waals surface area contributed by atoms with Crippen LogP contribution in [-0.2, 0) is 4.79 Å². The number of aliphatic carboxylic acids is 1. The van der Waals surface area contributed by atoms with E-state index in [0.717, 1.165) is 31.4 Å². The summed E-state index contributed by atoms with van der Waals surface area (Å²) in [5.41, 5.74) is 4.46. The fourth-order valence-electron chi connectivity index (χ4n) is 2.56. The quantitative estimate of drug-likeness (QED) is 0.737. The Kier molecular flexibility index (Phi) is 3.92. The number of carboxylic acid groups (broad SMARTS) is 1. The van der Waals surface area contributed by atoms with E-state index in [-0.39, 0.29) is 11.3 Å². The standard InChI is InChI=1S/C14H17FN2O3/c15-9-4-5-11(16)10(8-9)12(18)17-14(13(19)20)6-2-1-3-7-14/h4-5,8H,1-3,6-7,16H2,(H,17,18)(H,19,20). The lowest BCUT2D eigenvalue weighted by molar-refractivity contribution is -0.145. The Morgan fingerprint density at radius 2 is 1.90 bits per heavy atom. The van der Waals surface area contributed by atoms with Gasteiger partial charge in [0.15, 0.2) is 0 Å². The molecular weight excluding hydrogens is 263 g/mol. The van der Waals surface area contributed by atoms with Gasteiger partial charge < -0.3 is 16.2 Å². The Balaban J connectivity index is 2.24. The van der Waals surface area contributed by atoms with Crippen molar-refractivity contribution in [3.05, 3.63) is 29.6 Å². The third-order valence-electron chi connectivity index (χ3n) is 3.73. The molecule has 1 aromatic carbocycles. The molecule has 20 heavy (non-hydrogen) atoms. The predicted octanol–water partition coefficient (Wildman–Crippen LogP) is 1.93. The molecule has 1 aliphatic carbocycles. The van der Waals surface area contributed by atoms with Crippen molar-refractivity contribution in [3.8, 4) is 0 Å². The molecule has 0 spiro atoms. The van der Waals surface area contributed by atoms with E-state index in [2.05, 4.69) is 5.32 Å². The summed E-state index contributed by atoms with van der Waals surface area (Å²) in [5, 5.41) is 11.9. The Morgan fingerprint density at radius 3 is 2.50 bits per heavy atom. The zero-order valence-corrected chi connectivity index (χ0v) is 11.0. The van der Waals surface area contributed by atoms with Gasteiger partial charge in [0, 0.05) is 5.69 Å². The van der Waals surface area contributed by atoms with Gasteiger partial charge in [-0.25, -0.2) is 9.18 Å². The minimum atomic E-state index is -1.27. The Morgan fingerprint density at radius 1 is 1.25 bits per heavy atom. The number of amides is 1. The predicted molar refractivity (Wildman–Crippen MR) is 71.7 cm³/mol. The summed E-state index contributed by atoms with van der Waals surface area (Å²) in [6.07, 6.45) is 3.19. The number of anilines is 1. The van der Waals surface area contributed by atoms with Gasteiger partial charge in [0.05, 0.1) is 5.56 Å². The van der Waals surface area contributed by atoms with E-state index in [9.17, 15) is 19.1 Å². The molecule has 0 radical (unpaired) electrons. The monoisotopic (exact) mass is 280 g/mol. The first-order valence-corrected chi connectivity index (χ1v) is 6.55. The smallest absolute Gasteiger partial charge is 0.329 e. The van der Waals surface area contributed by atoms with E-state index in [0.29, 0.717) is 12.8 Å². The van der Waals surface area contributed by atoms with Gasteiger partial charge in [0.2, 0.25) is 0 Å². The van der Waals surface area contributed by atoms with Crippen LogP contribution in [0.4, 0.5) is 10.1 Å². The van der Waals surface area contributed by atoms with Crippen molar-refractivity contribution >= 4 is 17.6 Å². The van der Waals surface area contributed by atoms with Crippen LogP contribution in [0.2, 0.25) is 0 Å². The fourth-order valence-corrected chi connectivity index (χ4v) is 2.56. The van der Waals surface area contributed by atoms with Crippen molar-refractivity contribution in [2.75, 3.05) is 5.73 Å². The number of benzene rings is 1. The molecule has 0 bridgehead atoms. The first kappa shape index (κ1) is 14.3. The number of hydrogen-bond acceptors (Lipinski definition) is 3. The second-order valence-electron chi connectivity index (χ2n) is 5.13. The number of rotatable bonds is 3. The molecule has 1 aliphatic rings. The topological polar surface area (TPSA) is 92.4 Å². The van der Waals surface area contributed by atoms with Crippen LogP contribution in [0.5, 0.6) is 0 Å². The molecular formula is C14H17FN2O3. The lowest BCUT2D eigenvalue weighted by atomic mass is 9.81. The third kappa shape index (κ3) is 2.74. The van der Waals surface area contributed by atoms with E-state index >= 15 is 0 Å². The molecule has 6 heteroatoms. The van der Waals surface area contributed by atoms with Crippen LogP contribution >= 0.6 is 0 Å². The average Bonchev–Trinajstić information content (AvgIpc) is 2.42. The van der Waals surface area contributed by atoms with Gasteiger partial charge in [0.25, 0.3) is 5.91 Å². The van der Waals surface area contributed by atoms with Crippen LogP contribution in [-0.4, -0.2) is 22.5 Å². The molecule has 0 saturated heterocycles. The highest BCUT2D eigenvalue weighted by molar-refractivity contribution is 6.01. The molecule has 0 aromatic heterocycles. The van der Waals surface area contributed by atoms with Crippen LogP contribution < -0.4 is 11.1 Å². The third-order valence-corrected chi connectivity index (χ3v) is 3.73. The fraction of sp³-hybridized carbons (Fsp3) is 0.429. The lowest BCUT2D eigenvalue weighted by Gasteiger charge is -2.34. The number of hydrogen-bond donors (Lipinski definition) is 3. The van der Waals surface area contributed by atoms with Gasteiger partial charge in [0.1, 0.15) is 11.4 Å². The highest BCUT2D eigenvalue weighted by Crippen LogP contribution is 2.29. The molecule has 4 N–H and O–H groups in total. The molecule has 108 valence electrons. The van der Waals surface area contributed by atoms with E-state index < -0.39 is 23.2 Å². The van der Waals surface area contributed by atoms with Crippen molar-refractivity contribution in [1.82, 2.24) is 5.32 Å². The van der Waals surface area contributed by atoms with Crippen molar-refractivity contribution in [3.63, 3.8) is 0 Å². The van der Waals surface area contributed by atoms with Crippen LogP contribution in [0.1, 0.15) is 42.5 Å². The van der Waals surface area contributed by atoms with Crippen LogP contribution in [0.3, 0.4) is 0 Å². The van der Waals surface area contributed by atoms with E-state index in [4.69, 9.17) is 5.73 Å². The molecule has 1 amide bonds. The number of carbonyl (C=O) groups excluding carboxylic acids is 1. The largest absolute Gasteiger partial charge is 0.480 e. The average molecular weight is 280 g/mol. The zero-order valence-electron chi connectivity index (χ0n) is 11.0. The van der Waals surface area contributed by atoms with Crippen LogP contribution in [0.25, 0.3) is 0 Å². The molecule has 0 unspecified atom stereocenters. The molecule has 1 saturated carbocycles. The van der Waals surface area contributed by atoms with E-state index in [1.165, 1.54) is 6.07 Å². The summed E-state index contributed by atoms with van der Waals surface area (Å²) in [6, 6.07) is 3.46. The van der Waals surface area contributed by atoms with Gasteiger partial charge in [-0.05, 0) is 31.0 Å². The minimum Gasteiger partial charge on any atom is -0.480 e. The number of nitrogen functional groups attached to an aromatic ring is 1. The van der Waals surface area contributed by atoms with Crippen LogP contribution in [0, 0.1) is 5.82 Å². The number of nitrogens with two attached hydrogens (primary N) is 1. The maximum atomic E-state index is 13.2. The van der Waals surface area contributed by atoms with Crippen molar-refractivity contribution in [1.29, 1.82) is 0 Å². The van der Waals surface area contributed by atoms with Crippen molar-refractivity contribution in [2.45, 2.75) is 37.6 Å². The Bertz CT molecular complexity index is 539. The Hall–Kier alpha value is -2.11. The highest BCUT2D eigenvalue weighted by atomic mass is 19.1. The number of carboxylic acids is 1. The molecule has 0 atom stereocenters. The minimum absolute atomic E-state index is 0.0313. The van der Waals surface area contributed by atoms with Crippen molar-refractivity contribution < 1.29 is 19.1 Å². The van der Waals surface area contributed by atoms with Gasteiger partial charge >= 0.3 is 5.97 Å². The molecule has 0 aliphatic heterocycles. The lowest BCUT2D eigenvalue weighted by Crippen LogP contribution is -2.55. The summed E-state index contributed by atoms with van der Waals surface area (Å²) in [6.45, 7) is 0. The zero-order chi connectivity index (χ0) is 14.8. The molecule has 1 aromatic rings. The maximum Gasteiger partial charge on any atom is 0.329 e. The second-order valence-corrected chi connectivity index (χ2v) is 5.13. The van der Waals surface area contributed by atoms with Gasteiger partial charge in [-0.15, -0.1) is 0 Å². The van der Waals surface area contributed by atoms with E-state index in [1.54, 1.807) is 0 Å². The summed E-state index contributed by atoms with van der Waals surface area (Å²) in [4.78, 5) is 23.6. The van der Waals surface area contributed by atoms with Gasteiger partial charge in [-0.3, -0.25) is 4.79 Å². The number of halogens is 1. The summed E-state index contributed by atoms with van der Waals surface area (Å²) in [7, 11) is 0. The van der Waals surface area contributed by atoms with Gasteiger partial charge in [-0.2, -0.15) is 0 Å². The normalized spacial score (nSPS) is 17.4. The molecule has 1 fully saturated rings.